The van der Waals surface area contributed by atoms with Crippen molar-refractivity contribution in [1.82, 2.24) is 0 Å². The lowest BCUT2D eigenvalue weighted by Crippen LogP contribution is -2.25. The number of hydrogen-bond acceptors (Lipinski definition) is 4. The van der Waals surface area contributed by atoms with Gasteiger partial charge in [0.15, 0.2) is 5.76 Å². The van der Waals surface area contributed by atoms with Gasteiger partial charge in [0.1, 0.15) is 11.9 Å². The van der Waals surface area contributed by atoms with Crippen LogP contribution in [0.3, 0.4) is 0 Å². The summed E-state index contributed by atoms with van der Waals surface area (Å²) in [6, 6.07) is 11.0. The van der Waals surface area contributed by atoms with Gasteiger partial charge in [-0.05, 0) is 13.8 Å². The number of fused-ring (bicyclic) bond motifs is 1. The summed E-state index contributed by atoms with van der Waals surface area (Å²) in [6.07, 6.45) is -0.893. The van der Waals surface area contributed by atoms with E-state index >= 15 is 0 Å². The predicted octanol–water partition coefficient (Wildman–Crippen LogP) is 3.12. The van der Waals surface area contributed by atoms with Crippen molar-refractivity contribution < 1.29 is 13.9 Å². The first kappa shape index (κ1) is 12.0. The quantitative estimate of drug-likeness (QED) is 0.788. The van der Waals surface area contributed by atoms with Gasteiger partial charge in [-0.1, -0.05) is 30.3 Å². The van der Waals surface area contributed by atoms with Crippen molar-refractivity contribution in [3.63, 3.8) is 0 Å². The van der Waals surface area contributed by atoms with E-state index in [4.69, 9.17) is 13.9 Å². The van der Waals surface area contributed by atoms with E-state index in [0.29, 0.717) is 11.5 Å². The summed E-state index contributed by atoms with van der Waals surface area (Å²) in [5.74, 6) is 1.26. The third kappa shape index (κ3) is 2.15. The zero-order valence-electron chi connectivity index (χ0n) is 10.8. The molecule has 0 unspecified atom stereocenters. The van der Waals surface area contributed by atoms with Gasteiger partial charge in [0.05, 0.1) is 0 Å². The highest BCUT2D eigenvalue weighted by molar-refractivity contribution is 5.31. The highest BCUT2D eigenvalue weighted by Gasteiger charge is 2.31. The van der Waals surface area contributed by atoms with Crippen molar-refractivity contribution in [1.29, 1.82) is 0 Å². The van der Waals surface area contributed by atoms with E-state index < -0.39 is 6.29 Å². The van der Waals surface area contributed by atoms with Crippen LogP contribution in [0, 0.1) is 6.92 Å². The minimum atomic E-state index is -0.575. The minimum absolute atomic E-state index is 0.171. The summed E-state index contributed by atoms with van der Waals surface area (Å²) in [5.41, 5.74) is 0.704. The molecule has 0 aliphatic carbocycles. The van der Waals surface area contributed by atoms with Gasteiger partial charge in [-0.3, -0.25) is 4.79 Å². The summed E-state index contributed by atoms with van der Waals surface area (Å²) in [5, 5.41) is 0. The summed E-state index contributed by atoms with van der Waals surface area (Å²) >= 11 is 0. The summed E-state index contributed by atoms with van der Waals surface area (Å²) < 4.78 is 16.9. The topological polar surface area (TPSA) is 48.7 Å². The Labute approximate surface area is 110 Å². The Bertz CT molecular complexity index is 645. The molecule has 1 aliphatic rings. The van der Waals surface area contributed by atoms with Gasteiger partial charge in [-0.2, -0.15) is 0 Å². The molecule has 98 valence electrons. The molecule has 4 nitrogen and oxygen atoms in total. The largest absolute Gasteiger partial charge is 0.459 e. The fourth-order valence-electron chi connectivity index (χ4n) is 2.14. The number of rotatable bonds is 1. The predicted molar refractivity (Wildman–Crippen MR) is 69.0 cm³/mol. The van der Waals surface area contributed by atoms with Crippen molar-refractivity contribution in [3.8, 4) is 5.75 Å². The molecule has 0 radical (unpaired) electrons. The second-order valence-corrected chi connectivity index (χ2v) is 4.55. The van der Waals surface area contributed by atoms with Crippen molar-refractivity contribution in [2.24, 2.45) is 0 Å². The monoisotopic (exact) mass is 258 g/mol. The Kier molecular flexibility index (Phi) is 2.87. The molecule has 0 bridgehead atoms. The molecule has 1 aromatic carbocycles. The van der Waals surface area contributed by atoms with Gasteiger partial charge < -0.3 is 13.9 Å². The molecule has 0 saturated heterocycles. The molecular formula is C15H14O4. The number of aryl methyl sites for hydroxylation is 1. The Balaban J connectivity index is 2.03. The molecule has 0 amide bonds. The molecule has 19 heavy (non-hydrogen) atoms. The van der Waals surface area contributed by atoms with Gasteiger partial charge in [-0.25, -0.2) is 0 Å². The number of benzene rings is 1. The van der Waals surface area contributed by atoms with Crippen LogP contribution in [0.5, 0.6) is 5.75 Å². The average molecular weight is 258 g/mol. The number of hydrogen-bond donors (Lipinski definition) is 0. The van der Waals surface area contributed by atoms with Crippen LogP contribution in [0.2, 0.25) is 0 Å². The van der Waals surface area contributed by atoms with Crippen molar-refractivity contribution in [2.75, 3.05) is 0 Å². The van der Waals surface area contributed by atoms with Crippen LogP contribution in [0.4, 0.5) is 0 Å². The molecule has 0 N–H and O–H groups in total. The van der Waals surface area contributed by atoms with E-state index in [1.165, 1.54) is 6.07 Å². The van der Waals surface area contributed by atoms with Crippen molar-refractivity contribution >= 4 is 0 Å². The molecule has 0 saturated carbocycles. The average Bonchev–Trinajstić information content (AvgIpc) is 2.41. The van der Waals surface area contributed by atoms with Crippen LogP contribution in [0.15, 0.2) is 45.6 Å². The maximum absolute atomic E-state index is 12.0. The second-order valence-electron chi connectivity index (χ2n) is 4.55. The zero-order chi connectivity index (χ0) is 13.4. The van der Waals surface area contributed by atoms with E-state index in [1.807, 2.05) is 37.3 Å². The lowest BCUT2D eigenvalue weighted by molar-refractivity contribution is -0.148. The molecule has 4 heteroatoms. The number of ether oxygens (including phenoxy) is 2. The summed E-state index contributed by atoms with van der Waals surface area (Å²) in [6.45, 7) is 3.58. The van der Waals surface area contributed by atoms with Crippen LogP contribution in [-0.2, 0) is 4.74 Å². The molecule has 2 atom stereocenters. The van der Waals surface area contributed by atoms with Crippen molar-refractivity contribution in [3.05, 3.63) is 63.7 Å². The van der Waals surface area contributed by atoms with Crippen LogP contribution < -0.4 is 10.2 Å². The fraction of sp³-hybridized carbons (Fsp3) is 0.267. The minimum Gasteiger partial charge on any atom is -0.459 e. The third-order valence-electron chi connectivity index (χ3n) is 3.05. The Morgan fingerprint density at radius 2 is 1.89 bits per heavy atom. The maximum Gasteiger partial charge on any atom is 0.227 e. The Morgan fingerprint density at radius 1 is 1.16 bits per heavy atom. The summed E-state index contributed by atoms with van der Waals surface area (Å²) in [7, 11) is 0. The Hall–Kier alpha value is -2.07. The van der Waals surface area contributed by atoms with Gasteiger partial charge in [0.2, 0.25) is 17.5 Å². The lowest BCUT2D eigenvalue weighted by Gasteiger charge is -2.29. The normalized spacial score (nSPS) is 21.6. The van der Waals surface area contributed by atoms with Crippen LogP contribution >= 0.6 is 0 Å². The van der Waals surface area contributed by atoms with E-state index in [2.05, 4.69) is 0 Å². The highest BCUT2D eigenvalue weighted by atomic mass is 16.7. The van der Waals surface area contributed by atoms with E-state index in [-0.39, 0.29) is 17.3 Å². The van der Waals surface area contributed by atoms with Gasteiger partial charge >= 0.3 is 0 Å². The second kappa shape index (κ2) is 4.55. The molecule has 0 fully saturated rings. The molecular weight excluding hydrogens is 244 g/mol. The first-order chi connectivity index (χ1) is 9.15. The highest BCUT2D eigenvalue weighted by Crippen LogP contribution is 2.37. The summed E-state index contributed by atoms with van der Waals surface area (Å²) in [4.78, 5) is 12.0. The Morgan fingerprint density at radius 3 is 2.63 bits per heavy atom. The van der Waals surface area contributed by atoms with Gasteiger partial charge in [0, 0.05) is 11.6 Å². The van der Waals surface area contributed by atoms with Crippen LogP contribution in [-0.4, -0.2) is 0 Å². The molecule has 0 spiro atoms. The van der Waals surface area contributed by atoms with Crippen LogP contribution in [0.1, 0.15) is 36.4 Å². The van der Waals surface area contributed by atoms with Gasteiger partial charge in [-0.15, -0.1) is 0 Å². The van der Waals surface area contributed by atoms with Crippen molar-refractivity contribution in [2.45, 2.75) is 26.2 Å². The fourth-order valence-corrected chi connectivity index (χ4v) is 2.14. The standard InChI is InChI=1S/C15H14O4/c1-9-8-12(16)14-13(17-9)10(2)18-15(19-14)11-6-4-3-5-7-11/h3-8,10,15H,1-2H3/t10-,15-/m1/s1. The van der Waals surface area contributed by atoms with Crippen LogP contribution in [0.25, 0.3) is 0 Å². The first-order valence-electron chi connectivity index (χ1n) is 6.17. The maximum atomic E-state index is 12.0. The molecule has 1 aromatic heterocycles. The molecule has 3 rings (SSSR count). The molecule has 2 heterocycles. The van der Waals surface area contributed by atoms with E-state index in [9.17, 15) is 4.79 Å². The first-order valence-corrected chi connectivity index (χ1v) is 6.17. The SMILES string of the molecule is Cc1cc(=O)c2c(o1)[C@@H](C)O[C@@H](c1ccccc1)O2. The van der Waals surface area contributed by atoms with E-state index in [0.717, 1.165) is 5.56 Å². The lowest BCUT2D eigenvalue weighted by atomic mass is 10.1. The van der Waals surface area contributed by atoms with E-state index in [1.54, 1.807) is 6.92 Å². The third-order valence-corrected chi connectivity index (χ3v) is 3.05. The molecule has 1 aliphatic heterocycles. The molecule has 2 aromatic rings. The zero-order valence-corrected chi connectivity index (χ0v) is 10.8. The smallest absolute Gasteiger partial charge is 0.227 e. The van der Waals surface area contributed by atoms with Gasteiger partial charge in [0.25, 0.3) is 0 Å².